The minimum atomic E-state index is -4.26. The SMILES string of the molecule is CC(C)(C)[Si](C)(C)O[C@H]1C[C@H](n2ccc(=O)[nH]c2=O)O[C@@H]1COC(=O)NS(N)(=O)=O. The number of aromatic amines is 1. The van der Waals surface area contributed by atoms with Gasteiger partial charge in [0, 0.05) is 18.7 Å². The van der Waals surface area contributed by atoms with Gasteiger partial charge in [0.2, 0.25) is 0 Å². The van der Waals surface area contributed by atoms with Crippen LogP contribution in [0.4, 0.5) is 4.79 Å². The molecule has 1 aliphatic heterocycles. The lowest BCUT2D eigenvalue weighted by molar-refractivity contribution is -0.0464. The molecule has 0 bridgehead atoms. The van der Waals surface area contributed by atoms with Gasteiger partial charge in [-0.2, -0.15) is 8.42 Å². The molecule has 0 radical (unpaired) electrons. The third-order valence-electron chi connectivity index (χ3n) is 5.20. The lowest BCUT2D eigenvalue weighted by Gasteiger charge is -2.39. The number of ether oxygens (including phenoxy) is 2. The maximum absolute atomic E-state index is 12.1. The number of rotatable bonds is 6. The second-order valence-electron chi connectivity index (χ2n) is 8.54. The Morgan fingerprint density at radius 2 is 2.03 bits per heavy atom. The Labute approximate surface area is 175 Å². The van der Waals surface area contributed by atoms with Crippen molar-refractivity contribution < 1.29 is 27.1 Å². The van der Waals surface area contributed by atoms with Crippen molar-refractivity contribution in [2.24, 2.45) is 5.14 Å². The number of carbonyl (C=O) groups excluding carboxylic acids is 1. The van der Waals surface area contributed by atoms with E-state index in [0.717, 1.165) is 0 Å². The normalized spacial score (nSPS) is 22.7. The molecule has 170 valence electrons. The lowest BCUT2D eigenvalue weighted by atomic mass is 10.2. The Balaban J connectivity index is 2.22. The summed E-state index contributed by atoms with van der Waals surface area (Å²) >= 11 is 0. The van der Waals surface area contributed by atoms with Crippen molar-refractivity contribution in [3.05, 3.63) is 33.1 Å². The van der Waals surface area contributed by atoms with Crippen molar-refractivity contribution in [1.82, 2.24) is 14.3 Å². The zero-order valence-corrected chi connectivity index (χ0v) is 19.3. The van der Waals surface area contributed by atoms with E-state index in [1.807, 2.05) is 13.1 Å². The number of nitrogens with two attached hydrogens (primary N) is 1. The fourth-order valence-corrected chi connectivity index (χ4v) is 4.31. The second kappa shape index (κ2) is 8.62. The van der Waals surface area contributed by atoms with Crippen LogP contribution in [-0.2, 0) is 24.1 Å². The molecule has 0 spiro atoms. The van der Waals surface area contributed by atoms with Crippen molar-refractivity contribution >= 4 is 24.6 Å². The summed E-state index contributed by atoms with van der Waals surface area (Å²) in [7, 11) is -6.52. The number of H-pyrrole nitrogens is 1. The summed E-state index contributed by atoms with van der Waals surface area (Å²) in [5.41, 5.74) is -1.19. The summed E-state index contributed by atoms with van der Waals surface area (Å²) in [6.45, 7) is 9.93. The standard InChI is InChI=1S/C16H28N4O8SSi/c1-16(2,3)30(4,5)28-10-8-13(20-7-6-12(21)18-14(20)22)27-11(10)9-26-15(23)19-29(17,24)25/h6-7,10-11,13H,8-9H2,1-5H3,(H,19,23)(H2,17,24,25)(H,18,21,22)/t10-,11+,13+/m0/s1. The highest BCUT2D eigenvalue weighted by molar-refractivity contribution is 7.87. The van der Waals surface area contributed by atoms with Crippen LogP contribution in [-0.4, -0.2) is 51.2 Å². The highest BCUT2D eigenvalue weighted by Gasteiger charge is 2.45. The number of nitrogens with zero attached hydrogens (tertiary/aromatic N) is 1. The molecule has 14 heteroatoms. The van der Waals surface area contributed by atoms with E-state index in [0.29, 0.717) is 0 Å². The van der Waals surface area contributed by atoms with E-state index in [4.69, 9.17) is 19.0 Å². The summed E-state index contributed by atoms with van der Waals surface area (Å²) < 4.78 is 41.8. The number of hydrogen-bond donors (Lipinski definition) is 3. The average molecular weight is 465 g/mol. The predicted octanol–water partition coefficient (Wildman–Crippen LogP) is 0.144. The highest BCUT2D eigenvalue weighted by atomic mass is 32.2. The van der Waals surface area contributed by atoms with Gasteiger partial charge in [-0.1, -0.05) is 20.8 Å². The molecule has 3 atom stereocenters. The number of carbonyl (C=O) groups is 1. The van der Waals surface area contributed by atoms with Crippen LogP contribution in [0.3, 0.4) is 0 Å². The zero-order chi connectivity index (χ0) is 22.9. The van der Waals surface area contributed by atoms with Crippen molar-refractivity contribution in [2.45, 2.75) is 63.8 Å². The first-order valence-corrected chi connectivity index (χ1v) is 13.7. The third-order valence-corrected chi connectivity index (χ3v) is 10.2. The molecule has 1 fully saturated rings. The Bertz CT molecular complexity index is 997. The number of hydrogen-bond acceptors (Lipinski definition) is 8. The highest BCUT2D eigenvalue weighted by Crippen LogP contribution is 2.40. The molecule has 0 aromatic carbocycles. The van der Waals surface area contributed by atoms with Gasteiger partial charge in [-0.15, -0.1) is 0 Å². The van der Waals surface area contributed by atoms with Gasteiger partial charge in [0.05, 0.1) is 6.10 Å². The molecule has 1 aromatic heterocycles. The van der Waals surface area contributed by atoms with Crippen molar-refractivity contribution in [1.29, 1.82) is 0 Å². The molecule has 1 saturated heterocycles. The minimum Gasteiger partial charge on any atom is -0.446 e. The quantitative estimate of drug-likeness (QED) is 0.499. The zero-order valence-electron chi connectivity index (χ0n) is 17.5. The summed E-state index contributed by atoms with van der Waals surface area (Å²) in [4.78, 5) is 37.2. The van der Waals surface area contributed by atoms with Crippen molar-refractivity contribution in [3.8, 4) is 0 Å². The molecular formula is C16H28N4O8SSi. The molecule has 2 heterocycles. The Morgan fingerprint density at radius 3 is 2.57 bits per heavy atom. The molecule has 4 N–H and O–H groups in total. The van der Waals surface area contributed by atoms with Gasteiger partial charge < -0.3 is 13.9 Å². The van der Waals surface area contributed by atoms with Crippen molar-refractivity contribution in [3.63, 3.8) is 0 Å². The Hall–Kier alpha value is -2.00. The van der Waals surface area contributed by atoms with Gasteiger partial charge >= 0.3 is 22.0 Å². The van der Waals surface area contributed by atoms with Gasteiger partial charge in [0.1, 0.15) is 18.9 Å². The molecule has 1 aromatic rings. The molecule has 30 heavy (non-hydrogen) atoms. The van der Waals surface area contributed by atoms with E-state index in [1.165, 1.54) is 21.6 Å². The maximum Gasteiger partial charge on any atom is 0.422 e. The van der Waals surface area contributed by atoms with E-state index < -0.39 is 54.3 Å². The number of nitrogens with one attached hydrogen (secondary N) is 2. The lowest BCUT2D eigenvalue weighted by Crippen LogP contribution is -2.47. The van der Waals surface area contributed by atoms with E-state index in [2.05, 4.69) is 25.8 Å². The minimum absolute atomic E-state index is 0.115. The summed E-state index contributed by atoms with van der Waals surface area (Å²) in [5, 5.41) is 4.63. The van der Waals surface area contributed by atoms with Crippen LogP contribution >= 0.6 is 0 Å². The average Bonchev–Trinajstić information content (AvgIpc) is 2.92. The van der Waals surface area contributed by atoms with E-state index in [9.17, 15) is 22.8 Å². The molecule has 0 aliphatic carbocycles. The van der Waals surface area contributed by atoms with Crippen LogP contribution in [0.5, 0.6) is 0 Å². The first-order chi connectivity index (χ1) is 13.6. The van der Waals surface area contributed by atoms with Crippen LogP contribution in [0.25, 0.3) is 0 Å². The maximum atomic E-state index is 12.1. The first kappa shape index (κ1) is 24.3. The van der Waals surface area contributed by atoms with Crippen LogP contribution < -0.4 is 21.1 Å². The monoisotopic (exact) mass is 464 g/mol. The molecule has 1 amide bonds. The van der Waals surface area contributed by atoms with E-state index in [-0.39, 0.29) is 18.1 Å². The molecule has 1 aliphatic rings. The Kier molecular flexibility index (Phi) is 6.98. The van der Waals surface area contributed by atoms with Gasteiger partial charge in [-0.3, -0.25) is 14.3 Å². The van der Waals surface area contributed by atoms with Crippen LogP contribution in [0.15, 0.2) is 21.9 Å². The topological polar surface area (TPSA) is 172 Å². The van der Waals surface area contributed by atoms with Crippen LogP contribution in [0, 0.1) is 0 Å². The van der Waals surface area contributed by atoms with Gasteiger partial charge in [0.25, 0.3) is 5.56 Å². The smallest absolute Gasteiger partial charge is 0.422 e. The van der Waals surface area contributed by atoms with E-state index in [1.54, 1.807) is 0 Å². The summed E-state index contributed by atoms with van der Waals surface area (Å²) in [6.07, 6.45) is -1.74. The fourth-order valence-electron chi connectivity index (χ4n) is 2.66. The van der Waals surface area contributed by atoms with Crippen LogP contribution in [0.2, 0.25) is 18.1 Å². The molecule has 0 saturated carbocycles. The third kappa shape index (κ3) is 6.25. The van der Waals surface area contributed by atoms with Crippen LogP contribution in [0.1, 0.15) is 33.4 Å². The second-order valence-corrected chi connectivity index (χ2v) is 14.6. The molecule has 2 rings (SSSR count). The molecule has 12 nitrogen and oxygen atoms in total. The Morgan fingerprint density at radius 1 is 1.40 bits per heavy atom. The molecule has 0 unspecified atom stereocenters. The fraction of sp³-hybridized carbons (Fsp3) is 0.688. The van der Waals surface area contributed by atoms with Gasteiger partial charge in [-0.05, 0) is 18.1 Å². The number of amides is 1. The molecular weight excluding hydrogens is 436 g/mol. The predicted molar refractivity (Wildman–Crippen MR) is 110 cm³/mol. The van der Waals surface area contributed by atoms with Crippen molar-refractivity contribution in [2.75, 3.05) is 6.61 Å². The summed E-state index contributed by atoms with van der Waals surface area (Å²) in [6, 6.07) is 1.19. The largest absolute Gasteiger partial charge is 0.446 e. The van der Waals surface area contributed by atoms with Gasteiger partial charge in [-0.25, -0.2) is 19.5 Å². The first-order valence-electron chi connectivity index (χ1n) is 9.21. The van der Waals surface area contributed by atoms with Gasteiger partial charge in [0.15, 0.2) is 8.32 Å². The summed E-state index contributed by atoms with van der Waals surface area (Å²) in [5.74, 6) is 0. The number of aromatic nitrogens is 2. The van der Waals surface area contributed by atoms with E-state index >= 15 is 0 Å².